The van der Waals surface area contributed by atoms with Gasteiger partial charge in [-0.25, -0.2) is 0 Å². The van der Waals surface area contributed by atoms with Gasteiger partial charge in [0.1, 0.15) is 5.75 Å². The Balaban J connectivity index is 0.00000242. The second-order valence-electron chi connectivity index (χ2n) is 5.43. The summed E-state index contributed by atoms with van der Waals surface area (Å²) in [6.07, 6.45) is 2.18. The molecule has 1 aromatic rings. The number of hydrogen-bond donors (Lipinski definition) is 2. The predicted molar refractivity (Wildman–Crippen MR) is 92.5 cm³/mol. The smallest absolute Gasteiger partial charge is 0.258 e. The van der Waals surface area contributed by atoms with Crippen LogP contribution in [0, 0.1) is 5.92 Å². The molecule has 1 atom stereocenters. The van der Waals surface area contributed by atoms with Gasteiger partial charge in [-0.05, 0) is 31.7 Å². The van der Waals surface area contributed by atoms with Crippen LogP contribution in [0.25, 0.3) is 0 Å². The van der Waals surface area contributed by atoms with Gasteiger partial charge in [0.25, 0.3) is 5.91 Å². The van der Waals surface area contributed by atoms with Gasteiger partial charge in [0, 0.05) is 12.6 Å². The fourth-order valence-electron chi connectivity index (χ4n) is 2.15. The molecule has 0 aliphatic heterocycles. The Morgan fingerprint density at radius 2 is 1.91 bits per heavy atom. The number of rotatable bonds is 6. The molecule has 0 bridgehead atoms. The van der Waals surface area contributed by atoms with Crippen molar-refractivity contribution in [1.29, 1.82) is 0 Å². The maximum atomic E-state index is 12.0. The summed E-state index contributed by atoms with van der Waals surface area (Å²) in [6, 6.07) is 2.97. The summed E-state index contributed by atoms with van der Waals surface area (Å²) in [5.74, 6) is 0.527. The van der Waals surface area contributed by atoms with Crippen LogP contribution in [0.5, 0.6) is 5.75 Å². The molecule has 1 fully saturated rings. The molecule has 1 aromatic carbocycles. The monoisotopic (exact) mass is 386 g/mol. The zero-order chi connectivity index (χ0) is 15.6. The van der Waals surface area contributed by atoms with E-state index >= 15 is 0 Å². The highest BCUT2D eigenvalue weighted by atomic mass is 35.5. The number of carbonyl (C=O) groups is 1. The Kier molecular flexibility index (Phi) is 7.09. The van der Waals surface area contributed by atoms with E-state index in [2.05, 4.69) is 5.32 Å². The van der Waals surface area contributed by atoms with Crippen LogP contribution in [-0.4, -0.2) is 24.6 Å². The van der Waals surface area contributed by atoms with Crippen LogP contribution in [0.3, 0.4) is 0 Å². The molecule has 22 heavy (non-hydrogen) atoms. The van der Waals surface area contributed by atoms with Crippen LogP contribution in [0.1, 0.15) is 19.8 Å². The lowest BCUT2D eigenvalue weighted by Crippen LogP contribution is -2.54. The first kappa shape index (κ1) is 19.7. The van der Waals surface area contributed by atoms with Gasteiger partial charge in [-0.1, -0.05) is 34.8 Å². The van der Waals surface area contributed by atoms with Crippen LogP contribution < -0.4 is 15.8 Å². The largest absolute Gasteiger partial charge is 0.482 e. The fourth-order valence-corrected chi connectivity index (χ4v) is 2.74. The first-order valence-corrected chi connectivity index (χ1v) is 7.77. The lowest BCUT2D eigenvalue weighted by molar-refractivity contribution is -0.125. The molecule has 0 aromatic heterocycles. The zero-order valence-electron chi connectivity index (χ0n) is 12.0. The number of nitrogens with one attached hydrogen (secondary N) is 1. The maximum absolute atomic E-state index is 12.0. The molecule has 0 saturated heterocycles. The highest BCUT2D eigenvalue weighted by molar-refractivity contribution is 6.43. The van der Waals surface area contributed by atoms with E-state index in [0.717, 1.165) is 12.8 Å². The molecule has 1 saturated carbocycles. The highest BCUT2D eigenvalue weighted by Gasteiger charge is 2.41. The van der Waals surface area contributed by atoms with Crippen LogP contribution in [0.4, 0.5) is 0 Å². The first-order valence-electron chi connectivity index (χ1n) is 6.64. The second-order valence-corrected chi connectivity index (χ2v) is 6.65. The molecular weight excluding hydrogens is 370 g/mol. The summed E-state index contributed by atoms with van der Waals surface area (Å²) in [5, 5.41) is 3.89. The summed E-state index contributed by atoms with van der Waals surface area (Å²) < 4.78 is 5.40. The summed E-state index contributed by atoms with van der Waals surface area (Å²) in [7, 11) is 0. The molecule has 4 nitrogen and oxygen atoms in total. The summed E-state index contributed by atoms with van der Waals surface area (Å²) in [4.78, 5) is 12.0. The topological polar surface area (TPSA) is 64.3 Å². The van der Waals surface area contributed by atoms with Gasteiger partial charge in [-0.15, -0.1) is 12.4 Å². The Labute approximate surface area is 151 Å². The van der Waals surface area contributed by atoms with Gasteiger partial charge in [-0.2, -0.15) is 0 Å². The van der Waals surface area contributed by atoms with E-state index in [1.165, 1.54) is 12.1 Å². The number of amides is 1. The van der Waals surface area contributed by atoms with Crippen molar-refractivity contribution in [2.24, 2.45) is 11.7 Å². The van der Waals surface area contributed by atoms with Crippen molar-refractivity contribution in [3.8, 4) is 5.75 Å². The van der Waals surface area contributed by atoms with Gasteiger partial charge in [-0.3, -0.25) is 4.79 Å². The second kappa shape index (κ2) is 7.93. The van der Waals surface area contributed by atoms with Crippen LogP contribution >= 0.6 is 47.2 Å². The molecule has 0 radical (unpaired) electrons. The lowest BCUT2D eigenvalue weighted by Gasteiger charge is -2.29. The quantitative estimate of drug-likeness (QED) is 0.731. The summed E-state index contributed by atoms with van der Waals surface area (Å²) >= 11 is 17.7. The lowest BCUT2D eigenvalue weighted by atomic mass is 9.96. The molecule has 2 rings (SSSR count). The molecule has 0 spiro atoms. The normalized spacial score (nSPS) is 16.4. The minimum absolute atomic E-state index is 0. The Hall–Kier alpha value is -0.390. The average Bonchev–Trinajstić information content (AvgIpc) is 3.26. The third kappa shape index (κ3) is 4.80. The van der Waals surface area contributed by atoms with E-state index in [-0.39, 0.29) is 30.5 Å². The van der Waals surface area contributed by atoms with E-state index in [9.17, 15) is 4.79 Å². The number of nitrogens with two attached hydrogens (primary N) is 1. The van der Waals surface area contributed by atoms with Crippen molar-refractivity contribution in [2.75, 3.05) is 13.2 Å². The van der Waals surface area contributed by atoms with Crippen LogP contribution in [0.2, 0.25) is 15.1 Å². The Morgan fingerprint density at radius 1 is 1.32 bits per heavy atom. The SMILES string of the molecule is CC(CN)(NC(=O)COc1cc(Cl)c(Cl)cc1Cl)C1CC1.Cl. The number of carbonyl (C=O) groups excluding carboxylic acids is 1. The van der Waals surface area contributed by atoms with E-state index in [0.29, 0.717) is 33.3 Å². The number of ether oxygens (including phenoxy) is 1. The maximum Gasteiger partial charge on any atom is 0.258 e. The van der Waals surface area contributed by atoms with Crippen molar-refractivity contribution in [1.82, 2.24) is 5.32 Å². The molecule has 0 heterocycles. The molecule has 1 aliphatic carbocycles. The predicted octanol–water partition coefficient (Wildman–Crippen LogP) is 3.69. The minimum Gasteiger partial charge on any atom is -0.482 e. The molecule has 3 N–H and O–H groups in total. The van der Waals surface area contributed by atoms with Gasteiger partial charge < -0.3 is 15.8 Å². The van der Waals surface area contributed by atoms with Gasteiger partial charge in [0.05, 0.1) is 20.6 Å². The van der Waals surface area contributed by atoms with Crippen molar-refractivity contribution in [2.45, 2.75) is 25.3 Å². The Bertz CT molecular complexity index is 552. The van der Waals surface area contributed by atoms with Crippen molar-refractivity contribution >= 4 is 53.1 Å². The highest BCUT2D eigenvalue weighted by Crippen LogP contribution is 2.39. The molecule has 1 amide bonds. The fraction of sp³-hybridized carbons (Fsp3) is 0.500. The van der Waals surface area contributed by atoms with Gasteiger partial charge in [0.15, 0.2) is 6.61 Å². The van der Waals surface area contributed by atoms with Crippen molar-refractivity contribution in [3.63, 3.8) is 0 Å². The molecule has 124 valence electrons. The molecule has 8 heteroatoms. The number of halogens is 4. The van der Waals surface area contributed by atoms with E-state index in [4.69, 9.17) is 45.3 Å². The Morgan fingerprint density at radius 3 is 2.45 bits per heavy atom. The average molecular weight is 388 g/mol. The standard InChI is InChI=1S/C14H17Cl3N2O2.ClH/c1-14(7-18,8-2-3-8)19-13(20)6-21-12-5-10(16)9(15)4-11(12)17;/h4-5,8H,2-3,6-7,18H2,1H3,(H,19,20);1H. The van der Waals surface area contributed by atoms with Gasteiger partial charge in [0.2, 0.25) is 0 Å². The first-order chi connectivity index (χ1) is 9.85. The number of hydrogen-bond acceptors (Lipinski definition) is 3. The minimum atomic E-state index is -0.373. The number of benzene rings is 1. The zero-order valence-corrected chi connectivity index (χ0v) is 15.1. The third-order valence-electron chi connectivity index (χ3n) is 3.66. The van der Waals surface area contributed by atoms with Crippen molar-refractivity contribution in [3.05, 3.63) is 27.2 Å². The molecule has 1 unspecified atom stereocenters. The molecule has 1 aliphatic rings. The van der Waals surface area contributed by atoms with E-state index < -0.39 is 0 Å². The summed E-state index contributed by atoms with van der Waals surface area (Å²) in [6.45, 7) is 2.20. The third-order valence-corrected chi connectivity index (χ3v) is 4.68. The summed E-state index contributed by atoms with van der Waals surface area (Å²) in [5.41, 5.74) is 5.38. The molecular formula is C14H18Cl4N2O2. The van der Waals surface area contributed by atoms with Crippen LogP contribution in [0.15, 0.2) is 12.1 Å². The van der Waals surface area contributed by atoms with E-state index in [1.54, 1.807) is 0 Å². The van der Waals surface area contributed by atoms with Crippen molar-refractivity contribution < 1.29 is 9.53 Å². The van der Waals surface area contributed by atoms with E-state index in [1.807, 2.05) is 6.92 Å². The van der Waals surface area contributed by atoms with Crippen LogP contribution in [-0.2, 0) is 4.79 Å². The van der Waals surface area contributed by atoms with Gasteiger partial charge >= 0.3 is 0 Å².